The molecule has 2 aromatic heterocycles. The van der Waals surface area contributed by atoms with E-state index in [0.717, 1.165) is 16.0 Å². The molecular formula is C18H12FN3O3S. The van der Waals surface area contributed by atoms with Crippen LogP contribution in [0, 0.1) is 5.82 Å². The first-order valence-electron chi connectivity index (χ1n) is 7.57. The van der Waals surface area contributed by atoms with Gasteiger partial charge in [-0.05, 0) is 30.3 Å². The van der Waals surface area contributed by atoms with Crippen LogP contribution in [0.3, 0.4) is 0 Å². The molecule has 2 heterocycles. The molecule has 0 fully saturated rings. The predicted molar refractivity (Wildman–Crippen MR) is 97.0 cm³/mol. The van der Waals surface area contributed by atoms with Crippen molar-refractivity contribution in [1.29, 1.82) is 0 Å². The summed E-state index contributed by atoms with van der Waals surface area (Å²) in [6.07, 6.45) is 1.33. The number of hydrogen-bond acceptors (Lipinski definition) is 7. The lowest BCUT2D eigenvalue weighted by Gasteiger charge is -1.96. The van der Waals surface area contributed by atoms with E-state index in [1.165, 1.54) is 29.7 Å². The summed E-state index contributed by atoms with van der Waals surface area (Å²) < 4.78 is 25.1. The maximum absolute atomic E-state index is 13.8. The molecule has 26 heavy (non-hydrogen) atoms. The Labute approximate surface area is 151 Å². The third kappa shape index (κ3) is 3.02. The zero-order chi connectivity index (χ0) is 18.1. The molecule has 4 rings (SSSR count). The SMILES string of the molecule is COc1ccc2nc(/N=C/c3nc(-c4ccccc4F)oc3O)sc2c1. The van der Waals surface area contributed by atoms with E-state index in [0.29, 0.717) is 5.13 Å². The Morgan fingerprint density at radius 2 is 2.08 bits per heavy atom. The van der Waals surface area contributed by atoms with Crippen molar-refractivity contribution in [2.24, 2.45) is 4.99 Å². The average Bonchev–Trinajstić information content (AvgIpc) is 3.22. The largest absolute Gasteiger partial charge is 0.497 e. The van der Waals surface area contributed by atoms with Gasteiger partial charge in [0.25, 0.3) is 0 Å². The van der Waals surface area contributed by atoms with Crippen LogP contribution in [-0.4, -0.2) is 28.4 Å². The Hall–Kier alpha value is -3.26. The van der Waals surface area contributed by atoms with E-state index < -0.39 is 11.8 Å². The topological polar surface area (TPSA) is 80.7 Å². The van der Waals surface area contributed by atoms with E-state index in [4.69, 9.17) is 9.15 Å². The third-order valence-electron chi connectivity index (χ3n) is 3.62. The molecule has 0 saturated carbocycles. The normalized spacial score (nSPS) is 11.5. The van der Waals surface area contributed by atoms with Crippen molar-refractivity contribution in [3.05, 3.63) is 54.0 Å². The summed E-state index contributed by atoms with van der Waals surface area (Å²) in [5.41, 5.74) is 1.05. The third-order valence-corrected chi connectivity index (χ3v) is 4.55. The second-order valence-corrected chi connectivity index (χ2v) is 6.29. The van der Waals surface area contributed by atoms with E-state index in [2.05, 4.69) is 15.0 Å². The molecule has 4 aromatic rings. The molecule has 0 bridgehead atoms. The predicted octanol–water partition coefficient (Wildman–Crippen LogP) is 4.56. The number of aromatic hydroxyl groups is 1. The summed E-state index contributed by atoms with van der Waals surface area (Å²) >= 11 is 1.37. The van der Waals surface area contributed by atoms with Crippen LogP contribution in [0.2, 0.25) is 0 Å². The second-order valence-electron chi connectivity index (χ2n) is 5.28. The Morgan fingerprint density at radius 1 is 1.23 bits per heavy atom. The van der Waals surface area contributed by atoms with E-state index in [-0.39, 0.29) is 17.1 Å². The van der Waals surface area contributed by atoms with Crippen LogP contribution in [0.4, 0.5) is 9.52 Å². The summed E-state index contributed by atoms with van der Waals surface area (Å²) in [5, 5.41) is 10.4. The molecule has 1 N–H and O–H groups in total. The minimum Gasteiger partial charge on any atom is -0.497 e. The molecule has 0 amide bonds. The summed E-state index contributed by atoms with van der Waals surface area (Å²) in [5.74, 6) is -0.205. The van der Waals surface area contributed by atoms with Crippen LogP contribution in [-0.2, 0) is 0 Å². The molecule has 2 aromatic carbocycles. The number of ether oxygens (including phenoxy) is 1. The number of methoxy groups -OCH3 is 1. The number of hydrogen-bond donors (Lipinski definition) is 1. The van der Waals surface area contributed by atoms with Gasteiger partial charge in [0.15, 0.2) is 5.69 Å². The number of thiazole rings is 1. The molecule has 0 aliphatic rings. The van der Waals surface area contributed by atoms with Crippen LogP contribution >= 0.6 is 11.3 Å². The standard InChI is InChI=1S/C18H12FN3O3S/c1-24-10-6-7-13-15(8-10)26-18(22-13)20-9-14-17(23)25-16(21-14)11-4-2-3-5-12(11)19/h2-9,23H,1H3/b20-9+. The van der Waals surface area contributed by atoms with Crippen molar-refractivity contribution < 1.29 is 18.7 Å². The van der Waals surface area contributed by atoms with E-state index in [9.17, 15) is 9.50 Å². The lowest BCUT2D eigenvalue weighted by atomic mass is 10.2. The zero-order valence-electron chi connectivity index (χ0n) is 13.5. The van der Waals surface area contributed by atoms with Crippen LogP contribution in [0.15, 0.2) is 51.9 Å². The Bertz CT molecular complexity index is 1120. The van der Waals surface area contributed by atoms with Gasteiger partial charge in [0.2, 0.25) is 11.0 Å². The minimum absolute atomic E-state index is 0.0175. The van der Waals surface area contributed by atoms with Crippen molar-refractivity contribution in [1.82, 2.24) is 9.97 Å². The van der Waals surface area contributed by atoms with E-state index in [1.54, 1.807) is 19.2 Å². The van der Waals surface area contributed by atoms with Gasteiger partial charge in [0, 0.05) is 0 Å². The molecule has 0 atom stereocenters. The molecule has 0 unspecified atom stereocenters. The molecule has 0 radical (unpaired) electrons. The van der Waals surface area contributed by atoms with E-state index in [1.807, 2.05) is 18.2 Å². The molecule has 0 aliphatic heterocycles. The highest BCUT2D eigenvalue weighted by molar-refractivity contribution is 7.22. The zero-order valence-corrected chi connectivity index (χ0v) is 14.3. The van der Waals surface area contributed by atoms with Crippen LogP contribution < -0.4 is 4.74 Å². The van der Waals surface area contributed by atoms with Gasteiger partial charge in [0.05, 0.1) is 29.1 Å². The van der Waals surface area contributed by atoms with Gasteiger partial charge in [-0.2, -0.15) is 0 Å². The van der Waals surface area contributed by atoms with Crippen LogP contribution in [0.1, 0.15) is 5.69 Å². The molecule has 6 nitrogen and oxygen atoms in total. The highest BCUT2D eigenvalue weighted by Gasteiger charge is 2.15. The van der Waals surface area contributed by atoms with Gasteiger partial charge in [-0.1, -0.05) is 23.5 Å². The number of oxazole rings is 1. The number of rotatable bonds is 4. The Kier molecular flexibility index (Phi) is 4.10. The fraction of sp³-hybridized carbons (Fsp3) is 0.0556. The molecular weight excluding hydrogens is 357 g/mol. The highest BCUT2D eigenvalue weighted by Crippen LogP contribution is 2.31. The Morgan fingerprint density at radius 3 is 2.88 bits per heavy atom. The number of fused-ring (bicyclic) bond motifs is 1. The van der Waals surface area contributed by atoms with Crippen LogP contribution in [0.5, 0.6) is 11.7 Å². The molecule has 0 aliphatic carbocycles. The van der Waals surface area contributed by atoms with Gasteiger partial charge in [-0.3, -0.25) is 0 Å². The van der Waals surface area contributed by atoms with Gasteiger partial charge in [-0.15, -0.1) is 0 Å². The minimum atomic E-state index is -0.489. The summed E-state index contributed by atoms with van der Waals surface area (Å²) in [6.45, 7) is 0. The van der Waals surface area contributed by atoms with Gasteiger partial charge >= 0.3 is 5.95 Å². The molecule has 0 spiro atoms. The van der Waals surface area contributed by atoms with Gasteiger partial charge < -0.3 is 14.3 Å². The number of aliphatic imine (C=N–C) groups is 1. The van der Waals surface area contributed by atoms with E-state index >= 15 is 0 Å². The maximum Gasteiger partial charge on any atom is 0.312 e. The first-order chi connectivity index (χ1) is 12.6. The maximum atomic E-state index is 13.8. The monoisotopic (exact) mass is 369 g/mol. The number of halogens is 1. The summed E-state index contributed by atoms with van der Waals surface area (Å²) in [7, 11) is 1.60. The quantitative estimate of drug-likeness (QED) is 0.534. The van der Waals surface area contributed by atoms with Crippen molar-refractivity contribution in [3.63, 3.8) is 0 Å². The van der Waals surface area contributed by atoms with Crippen molar-refractivity contribution >= 4 is 32.9 Å². The molecule has 130 valence electrons. The lowest BCUT2D eigenvalue weighted by molar-refractivity contribution is 0.336. The van der Waals surface area contributed by atoms with Crippen molar-refractivity contribution in [2.45, 2.75) is 0 Å². The molecule has 8 heteroatoms. The Balaban J connectivity index is 1.64. The highest BCUT2D eigenvalue weighted by atomic mass is 32.1. The first kappa shape index (κ1) is 16.2. The van der Waals surface area contributed by atoms with Gasteiger partial charge in [0.1, 0.15) is 11.6 Å². The number of benzene rings is 2. The smallest absolute Gasteiger partial charge is 0.312 e. The summed E-state index contributed by atoms with van der Waals surface area (Å²) in [4.78, 5) is 12.7. The summed E-state index contributed by atoms with van der Waals surface area (Å²) in [6, 6.07) is 11.6. The van der Waals surface area contributed by atoms with Crippen molar-refractivity contribution in [2.75, 3.05) is 7.11 Å². The van der Waals surface area contributed by atoms with Crippen molar-refractivity contribution in [3.8, 4) is 23.1 Å². The first-order valence-corrected chi connectivity index (χ1v) is 8.39. The van der Waals surface area contributed by atoms with Gasteiger partial charge in [-0.25, -0.2) is 19.4 Å². The number of aromatic nitrogens is 2. The fourth-order valence-corrected chi connectivity index (χ4v) is 3.19. The average molecular weight is 369 g/mol. The second kappa shape index (κ2) is 6.57. The van der Waals surface area contributed by atoms with Crippen LogP contribution in [0.25, 0.3) is 21.7 Å². The fourth-order valence-electron chi connectivity index (χ4n) is 2.35. The number of nitrogens with zero attached hydrogens (tertiary/aromatic N) is 3. The lowest BCUT2D eigenvalue weighted by Crippen LogP contribution is -1.85. The molecule has 0 saturated heterocycles.